The average molecular weight is 407 g/mol. The lowest BCUT2D eigenvalue weighted by molar-refractivity contribution is -0.123. The molecule has 0 atom stereocenters. The van der Waals surface area contributed by atoms with Gasteiger partial charge in [0.2, 0.25) is 0 Å². The maximum atomic E-state index is 11.7. The molecule has 2 aromatic carbocycles. The molecule has 0 heterocycles. The zero-order valence-corrected chi connectivity index (χ0v) is 14.8. The summed E-state index contributed by atoms with van der Waals surface area (Å²) in [4.78, 5) is 22.5. The van der Waals surface area contributed by atoms with Crippen LogP contribution in [0.4, 0.5) is 0 Å². The highest BCUT2D eigenvalue weighted by molar-refractivity contribution is 9.10. The first-order valence-electron chi connectivity index (χ1n) is 7.11. The molecule has 2 N–H and O–H groups in total. The molecule has 2 aromatic rings. The molecule has 7 nitrogen and oxygen atoms in total. The fourth-order valence-corrected chi connectivity index (χ4v) is 2.26. The number of nitrogens with zero attached hydrogens (tertiary/aromatic N) is 1. The molecule has 0 unspecified atom stereocenters. The Bertz CT molecular complexity index is 790. The number of rotatable bonds is 7. The van der Waals surface area contributed by atoms with Crippen LogP contribution >= 0.6 is 15.9 Å². The minimum atomic E-state index is -1.00. The summed E-state index contributed by atoms with van der Waals surface area (Å²) in [5.74, 6) is -0.258. The lowest BCUT2D eigenvalue weighted by Crippen LogP contribution is -2.24. The second-order valence-corrected chi connectivity index (χ2v) is 5.66. The molecule has 0 aliphatic carbocycles. The molecule has 0 aliphatic rings. The number of hydrogen-bond donors (Lipinski definition) is 2. The Labute approximate surface area is 152 Å². The number of hydrazone groups is 1. The molecule has 8 heteroatoms. The molecule has 0 bridgehead atoms. The Hall–Kier alpha value is -2.87. The van der Waals surface area contributed by atoms with Gasteiger partial charge < -0.3 is 14.6 Å². The molecular weight excluding hydrogens is 392 g/mol. The number of benzene rings is 2. The van der Waals surface area contributed by atoms with Crippen molar-refractivity contribution in [2.24, 2.45) is 5.10 Å². The fraction of sp³-hybridized carbons (Fsp3) is 0.118. The molecule has 0 fully saturated rings. The summed E-state index contributed by atoms with van der Waals surface area (Å²) in [6.07, 6.45) is 1.41. The Morgan fingerprint density at radius 1 is 1.24 bits per heavy atom. The zero-order chi connectivity index (χ0) is 18.2. The lowest BCUT2D eigenvalue weighted by atomic mass is 10.1. The first kappa shape index (κ1) is 18.5. The van der Waals surface area contributed by atoms with Crippen molar-refractivity contribution in [1.82, 2.24) is 5.43 Å². The van der Waals surface area contributed by atoms with Crippen molar-refractivity contribution < 1.29 is 24.2 Å². The second kappa shape index (κ2) is 8.84. The second-order valence-electron chi connectivity index (χ2n) is 4.81. The van der Waals surface area contributed by atoms with Gasteiger partial charge in [-0.1, -0.05) is 12.1 Å². The van der Waals surface area contributed by atoms with Gasteiger partial charge in [-0.3, -0.25) is 4.79 Å². The Balaban J connectivity index is 1.83. The topological polar surface area (TPSA) is 97.2 Å². The van der Waals surface area contributed by atoms with E-state index in [1.807, 2.05) is 0 Å². The van der Waals surface area contributed by atoms with Gasteiger partial charge in [-0.2, -0.15) is 5.10 Å². The Morgan fingerprint density at radius 3 is 2.56 bits per heavy atom. The van der Waals surface area contributed by atoms with E-state index in [0.29, 0.717) is 21.5 Å². The van der Waals surface area contributed by atoms with Crippen LogP contribution in [-0.4, -0.2) is 36.9 Å². The SMILES string of the molecule is COc1ccc(OCC(=O)NN=Cc2ccc(C(=O)O)cc2)c(Br)c1. The molecule has 0 spiro atoms. The molecule has 130 valence electrons. The summed E-state index contributed by atoms with van der Waals surface area (Å²) in [5, 5.41) is 12.6. The summed E-state index contributed by atoms with van der Waals surface area (Å²) in [6, 6.07) is 11.2. The van der Waals surface area contributed by atoms with Crippen LogP contribution in [0.2, 0.25) is 0 Å². The van der Waals surface area contributed by atoms with Crippen LogP contribution in [-0.2, 0) is 4.79 Å². The predicted molar refractivity (Wildman–Crippen MR) is 95.3 cm³/mol. The predicted octanol–water partition coefficient (Wildman–Crippen LogP) is 2.69. The number of nitrogens with one attached hydrogen (secondary N) is 1. The average Bonchev–Trinajstić information content (AvgIpc) is 2.61. The fourth-order valence-electron chi connectivity index (χ4n) is 1.79. The van der Waals surface area contributed by atoms with E-state index in [2.05, 4.69) is 26.5 Å². The van der Waals surface area contributed by atoms with E-state index in [-0.39, 0.29) is 12.2 Å². The number of carbonyl (C=O) groups excluding carboxylic acids is 1. The number of amides is 1. The van der Waals surface area contributed by atoms with E-state index < -0.39 is 11.9 Å². The third kappa shape index (κ3) is 5.61. The normalized spacial score (nSPS) is 10.5. The zero-order valence-electron chi connectivity index (χ0n) is 13.2. The molecular formula is C17H15BrN2O5. The third-order valence-electron chi connectivity index (χ3n) is 3.06. The van der Waals surface area contributed by atoms with Gasteiger partial charge in [-0.05, 0) is 51.8 Å². The summed E-state index contributed by atoms with van der Waals surface area (Å²) >= 11 is 3.33. The molecule has 0 radical (unpaired) electrons. The van der Waals surface area contributed by atoms with E-state index in [1.54, 1.807) is 37.4 Å². The van der Waals surface area contributed by atoms with Gasteiger partial charge in [0.05, 0.1) is 23.4 Å². The Kier molecular flexibility index (Phi) is 6.53. The molecule has 25 heavy (non-hydrogen) atoms. The van der Waals surface area contributed by atoms with E-state index in [1.165, 1.54) is 18.3 Å². The van der Waals surface area contributed by atoms with Gasteiger partial charge in [-0.15, -0.1) is 0 Å². The molecule has 0 aliphatic heterocycles. The Morgan fingerprint density at radius 2 is 1.96 bits per heavy atom. The van der Waals surface area contributed by atoms with Crippen molar-refractivity contribution in [3.8, 4) is 11.5 Å². The summed E-state index contributed by atoms with van der Waals surface area (Å²) < 4.78 is 11.1. The largest absolute Gasteiger partial charge is 0.497 e. The van der Waals surface area contributed by atoms with E-state index in [9.17, 15) is 9.59 Å². The van der Waals surface area contributed by atoms with Gasteiger partial charge in [0.25, 0.3) is 5.91 Å². The number of halogens is 1. The summed E-state index contributed by atoms with van der Waals surface area (Å²) in [7, 11) is 1.56. The van der Waals surface area contributed by atoms with Crippen molar-refractivity contribution in [2.75, 3.05) is 13.7 Å². The van der Waals surface area contributed by atoms with Gasteiger partial charge in [-0.25, -0.2) is 10.2 Å². The maximum Gasteiger partial charge on any atom is 0.335 e. The van der Waals surface area contributed by atoms with Crippen LogP contribution in [0.25, 0.3) is 0 Å². The van der Waals surface area contributed by atoms with Gasteiger partial charge in [0.1, 0.15) is 11.5 Å². The highest BCUT2D eigenvalue weighted by Crippen LogP contribution is 2.28. The van der Waals surface area contributed by atoms with Crippen LogP contribution in [0.1, 0.15) is 15.9 Å². The quantitative estimate of drug-likeness (QED) is 0.544. The maximum absolute atomic E-state index is 11.7. The molecule has 0 saturated heterocycles. The van der Waals surface area contributed by atoms with Crippen molar-refractivity contribution >= 4 is 34.0 Å². The van der Waals surface area contributed by atoms with Crippen LogP contribution in [0.5, 0.6) is 11.5 Å². The smallest absolute Gasteiger partial charge is 0.335 e. The van der Waals surface area contributed by atoms with Crippen LogP contribution < -0.4 is 14.9 Å². The molecule has 2 rings (SSSR count). The monoisotopic (exact) mass is 406 g/mol. The van der Waals surface area contributed by atoms with Crippen molar-refractivity contribution in [2.45, 2.75) is 0 Å². The first-order valence-corrected chi connectivity index (χ1v) is 7.90. The number of hydrogen-bond acceptors (Lipinski definition) is 5. The number of carboxylic acids is 1. The van der Waals surface area contributed by atoms with Crippen LogP contribution in [0, 0.1) is 0 Å². The minimum absolute atomic E-state index is 0.180. The van der Waals surface area contributed by atoms with E-state index >= 15 is 0 Å². The van der Waals surface area contributed by atoms with Crippen LogP contribution in [0.3, 0.4) is 0 Å². The summed E-state index contributed by atoms with van der Waals surface area (Å²) in [6.45, 7) is -0.208. The van der Waals surface area contributed by atoms with Gasteiger partial charge >= 0.3 is 5.97 Å². The molecule has 0 aromatic heterocycles. The first-order chi connectivity index (χ1) is 12.0. The van der Waals surface area contributed by atoms with Crippen molar-refractivity contribution in [1.29, 1.82) is 0 Å². The highest BCUT2D eigenvalue weighted by Gasteiger charge is 2.06. The van der Waals surface area contributed by atoms with E-state index in [0.717, 1.165) is 0 Å². The standard InChI is InChI=1S/C17H15BrN2O5/c1-24-13-6-7-15(14(18)8-13)25-10-16(21)20-19-9-11-2-4-12(5-3-11)17(22)23/h2-9H,10H2,1H3,(H,20,21)(H,22,23). The highest BCUT2D eigenvalue weighted by atomic mass is 79.9. The van der Waals surface area contributed by atoms with Crippen molar-refractivity contribution in [3.05, 3.63) is 58.1 Å². The van der Waals surface area contributed by atoms with Gasteiger partial charge in [0, 0.05) is 0 Å². The lowest BCUT2D eigenvalue weighted by Gasteiger charge is -2.08. The number of carbonyl (C=O) groups is 2. The van der Waals surface area contributed by atoms with Gasteiger partial charge in [0.15, 0.2) is 6.61 Å². The molecule has 1 amide bonds. The van der Waals surface area contributed by atoms with E-state index in [4.69, 9.17) is 14.6 Å². The summed E-state index contributed by atoms with van der Waals surface area (Å²) in [5.41, 5.74) is 3.17. The van der Waals surface area contributed by atoms with Crippen molar-refractivity contribution in [3.63, 3.8) is 0 Å². The number of methoxy groups -OCH3 is 1. The third-order valence-corrected chi connectivity index (χ3v) is 3.68. The minimum Gasteiger partial charge on any atom is -0.497 e. The number of carboxylic acid groups (broad SMARTS) is 1. The number of ether oxygens (including phenoxy) is 2. The molecule has 0 saturated carbocycles. The number of aromatic carboxylic acids is 1. The van der Waals surface area contributed by atoms with Crippen LogP contribution in [0.15, 0.2) is 52.0 Å².